The van der Waals surface area contributed by atoms with Gasteiger partial charge in [0, 0.05) is 12.2 Å². The van der Waals surface area contributed by atoms with Gasteiger partial charge >= 0.3 is 0 Å². The average Bonchev–Trinajstić information content (AvgIpc) is 2.40. The number of Topliss-reactive ketones (excluding diaryl/α,β-unsaturated/α-hetero) is 1. The summed E-state index contributed by atoms with van der Waals surface area (Å²) in [6.45, 7) is 2.59. The summed E-state index contributed by atoms with van der Waals surface area (Å²) >= 11 is 0. The summed E-state index contributed by atoms with van der Waals surface area (Å²) in [6.07, 6.45) is 1.17. The van der Waals surface area contributed by atoms with Gasteiger partial charge in [0.25, 0.3) is 0 Å². The Morgan fingerprint density at radius 2 is 2.21 bits per heavy atom. The number of nitriles is 1. The molecule has 4 nitrogen and oxygen atoms in total. The van der Waals surface area contributed by atoms with E-state index in [9.17, 15) is 9.59 Å². The molecule has 19 heavy (non-hydrogen) atoms. The summed E-state index contributed by atoms with van der Waals surface area (Å²) in [5.41, 5.74) is 1.88. The SMILES string of the molecule is Cc1ccccc1N1CCC[C@H](C(=O)CC#N)C1=O. The number of amides is 1. The van der Waals surface area contributed by atoms with Gasteiger partial charge in [-0.05, 0) is 31.4 Å². The van der Waals surface area contributed by atoms with Gasteiger partial charge < -0.3 is 4.90 Å². The number of aryl methyl sites for hydroxylation is 1. The molecule has 1 aliphatic heterocycles. The van der Waals surface area contributed by atoms with E-state index in [4.69, 9.17) is 5.26 Å². The highest BCUT2D eigenvalue weighted by molar-refractivity contribution is 6.09. The Morgan fingerprint density at radius 1 is 1.47 bits per heavy atom. The van der Waals surface area contributed by atoms with Gasteiger partial charge in [0.05, 0.1) is 18.4 Å². The minimum Gasteiger partial charge on any atom is -0.312 e. The van der Waals surface area contributed by atoms with Crippen LogP contribution >= 0.6 is 0 Å². The quantitative estimate of drug-likeness (QED) is 0.779. The van der Waals surface area contributed by atoms with Crippen molar-refractivity contribution in [3.8, 4) is 6.07 Å². The van der Waals surface area contributed by atoms with Crippen LogP contribution in [-0.2, 0) is 9.59 Å². The summed E-state index contributed by atoms with van der Waals surface area (Å²) in [7, 11) is 0. The summed E-state index contributed by atoms with van der Waals surface area (Å²) < 4.78 is 0. The Morgan fingerprint density at radius 3 is 2.89 bits per heavy atom. The van der Waals surface area contributed by atoms with Gasteiger partial charge in [-0.25, -0.2) is 0 Å². The Bertz CT molecular complexity index is 545. The molecule has 0 aliphatic carbocycles. The van der Waals surface area contributed by atoms with Crippen molar-refractivity contribution in [2.45, 2.75) is 26.2 Å². The number of para-hydroxylation sites is 1. The Balaban J connectivity index is 2.24. The maximum Gasteiger partial charge on any atom is 0.237 e. The van der Waals surface area contributed by atoms with Crippen LogP contribution in [0.5, 0.6) is 0 Å². The van der Waals surface area contributed by atoms with E-state index in [2.05, 4.69) is 0 Å². The smallest absolute Gasteiger partial charge is 0.237 e. The lowest BCUT2D eigenvalue weighted by molar-refractivity contribution is -0.133. The summed E-state index contributed by atoms with van der Waals surface area (Å²) in [6, 6.07) is 9.48. The van der Waals surface area contributed by atoms with Crippen molar-refractivity contribution in [2.75, 3.05) is 11.4 Å². The van der Waals surface area contributed by atoms with E-state index in [0.717, 1.165) is 17.7 Å². The Labute approximate surface area is 112 Å². The molecule has 0 N–H and O–H groups in total. The number of carbonyl (C=O) groups is 2. The van der Waals surface area contributed by atoms with Crippen molar-refractivity contribution in [3.05, 3.63) is 29.8 Å². The van der Waals surface area contributed by atoms with Crippen LogP contribution in [0, 0.1) is 24.2 Å². The lowest BCUT2D eigenvalue weighted by Gasteiger charge is -2.32. The predicted molar refractivity (Wildman–Crippen MR) is 71.5 cm³/mol. The van der Waals surface area contributed by atoms with Gasteiger partial charge in [0.1, 0.15) is 0 Å². The number of nitrogens with zero attached hydrogens (tertiary/aromatic N) is 2. The van der Waals surface area contributed by atoms with Crippen LogP contribution in [-0.4, -0.2) is 18.2 Å². The number of benzene rings is 1. The van der Waals surface area contributed by atoms with E-state index in [1.165, 1.54) is 0 Å². The maximum absolute atomic E-state index is 12.4. The molecule has 0 radical (unpaired) electrons. The molecule has 1 aromatic rings. The first kappa shape index (κ1) is 13.3. The minimum absolute atomic E-state index is 0.166. The normalized spacial score (nSPS) is 19.1. The molecule has 1 aliphatic rings. The molecule has 0 saturated carbocycles. The third-order valence-corrected chi connectivity index (χ3v) is 3.49. The first-order valence-electron chi connectivity index (χ1n) is 6.42. The van der Waals surface area contributed by atoms with Gasteiger partial charge in [-0.1, -0.05) is 18.2 Å². The van der Waals surface area contributed by atoms with E-state index in [-0.39, 0.29) is 18.1 Å². The third kappa shape index (κ3) is 2.65. The molecule has 1 atom stereocenters. The van der Waals surface area contributed by atoms with Crippen LogP contribution in [0.4, 0.5) is 5.69 Å². The molecule has 2 rings (SSSR count). The van der Waals surface area contributed by atoms with Crippen LogP contribution < -0.4 is 4.90 Å². The lowest BCUT2D eigenvalue weighted by Crippen LogP contribution is -2.44. The second-order valence-electron chi connectivity index (χ2n) is 4.77. The molecule has 1 fully saturated rings. The minimum atomic E-state index is -0.645. The number of carbonyl (C=O) groups excluding carboxylic acids is 2. The molecule has 4 heteroatoms. The topological polar surface area (TPSA) is 61.2 Å². The molecular formula is C15H16N2O2. The zero-order valence-electron chi connectivity index (χ0n) is 10.9. The predicted octanol–water partition coefficient (Wildman–Crippen LogP) is 2.22. The fraction of sp³-hybridized carbons (Fsp3) is 0.400. The van der Waals surface area contributed by atoms with E-state index in [0.29, 0.717) is 13.0 Å². The van der Waals surface area contributed by atoms with Crippen LogP contribution in [0.25, 0.3) is 0 Å². The fourth-order valence-corrected chi connectivity index (χ4v) is 2.48. The summed E-state index contributed by atoms with van der Waals surface area (Å²) in [4.78, 5) is 25.9. The van der Waals surface area contributed by atoms with Crippen molar-refractivity contribution in [1.29, 1.82) is 5.26 Å². The molecule has 1 saturated heterocycles. The highest BCUT2D eigenvalue weighted by Crippen LogP contribution is 2.27. The lowest BCUT2D eigenvalue weighted by atomic mass is 9.91. The molecule has 1 heterocycles. The van der Waals surface area contributed by atoms with Crippen molar-refractivity contribution in [1.82, 2.24) is 0 Å². The van der Waals surface area contributed by atoms with E-state index in [1.54, 1.807) is 4.90 Å². The maximum atomic E-state index is 12.4. The van der Waals surface area contributed by atoms with Gasteiger partial charge in [0.15, 0.2) is 5.78 Å². The second kappa shape index (κ2) is 5.66. The van der Waals surface area contributed by atoms with E-state index < -0.39 is 5.92 Å². The number of ketones is 1. The summed E-state index contributed by atoms with van der Waals surface area (Å²) in [5, 5.41) is 8.58. The standard InChI is InChI=1S/C15H16N2O2/c1-11-5-2-3-7-13(11)17-10-4-6-12(15(17)19)14(18)8-9-16/h2-3,5,7,12H,4,6,8,10H2,1H3/t12-/m1/s1. The summed E-state index contributed by atoms with van der Waals surface area (Å²) in [5.74, 6) is -1.07. The number of anilines is 1. The highest BCUT2D eigenvalue weighted by Gasteiger charge is 2.34. The van der Waals surface area contributed by atoms with Crippen molar-refractivity contribution >= 4 is 17.4 Å². The van der Waals surface area contributed by atoms with E-state index in [1.807, 2.05) is 37.3 Å². The molecule has 98 valence electrons. The third-order valence-electron chi connectivity index (χ3n) is 3.49. The van der Waals surface area contributed by atoms with Crippen LogP contribution in [0.15, 0.2) is 24.3 Å². The largest absolute Gasteiger partial charge is 0.312 e. The van der Waals surface area contributed by atoms with Crippen molar-refractivity contribution in [3.63, 3.8) is 0 Å². The molecule has 1 aromatic carbocycles. The zero-order valence-corrected chi connectivity index (χ0v) is 10.9. The molecule has 0 unspecified atom stereocenters. The number of hydrogen-bond donors (Lipinski definition) is 0. The Kier molecular flexibility index (Phi) is 3.96. The molecule has 1 amide bonds. The van der Waals surface area contributed by atoms with Gasteiger partial charge in [0.2, 0.25) is 5.91 Å². The molecule has 0 bridgehead atoms. The number of piperidine rings is 1. The van der Waals surface area contributed by atoms with Crippen molar-refractivity contribution < 1.29 is 9.59 Å². The van der Waals surface area contributed by atoms with Crippen LogP contribution in [0.2, 0.25) is 0 Å². The first-order chi connectivity index (χ1) is 9.15. The van der Waals surface area contributed by atoms with Crippen molar-refractivity contribution in [2.24, 2.45) is 5.92 Å². The fourth-order valence-electron chi connectivity index (χ4n) is 2.48. The first-order valence-corrected chi connectivity index (χ1v) is 6.42. The second-order valence-corrected chi connectivity index (χ2v) is 4.77. The van der Waals surface area contributed by atoms with Gasteiger partial charge in [-0.2, -0.15) is 5.26 Å². The zero-order chi connectivity index (χ0) is 13.8. The number of rotatable bonds is 3. The molecular weight excluding hydrogens is 240 g/mol. The molecule has 0 spiro atoms. The Hall–Kier alpha value is -2.15. The highest BCUT2D eigenvalue weighted by atomic mass is 16.2. The monoisotopic (exact) mass is 256 g/mol. The van der Waals surface area contributed by atoms with Crippen LogP contribution in [0.1, 0.15) is 24.8 Å². The van der Waals surface area contributed by atoms with Gasteiger partial charge in [-0.3, -0.25) is 9.59 Å². The average molecular weight is 256 g/mol. The molecule has 0 aromatic heterocycles. The number of hydrogen-bond acceptors (Lipinski definition) is 3. The van der Waals surface area contributed by atoms with Gasteiger partial charge in [-0.15, -0.1) is 0 Å². The van der Waals surface area contributed by atoms with E-state index >= 15 is 0 Å². The van der Waals surface area contributed by atoms with Crippen LogP contribution in [0.3, 0.4) is 0 Å².